The van der Waals surface area contributed by atoms with Crippen LogP contribution in [0.3, 0.4) is 0 Å². The number of thiocarbonyl (C=S) groups is 1. The Kier molecular flexibility index (Phi) is 7.37. The molecule has 2 rings (SSSR count). The lowest BCUT2D eigenvalue weighted by Gasteiger charge is -2.13. The number of nitrogens with zero attached hydrogens (tertiary/aromatic N) is 1. The van der Waals surface area contributed by atoms with Crippen molar-refractivity contribution in [3.63, 3.8) is 0 Å². The van der Waals surface area contributed by atoms with Gasteiger partial charge in [0.1, 0.15) is 10.1 Å². The predicted octanol–water partition coefficient (Wildman–Crippen LogP) is 5.27. The number of aromatic nitrogens is 2. The molecule has 0 aliphatic carbocycles. The summed E-state index contributed by atoms with van der Waals surface area (Å²) in [5.74, 6) is 1.61. The summed E-state index contributed by atoms with van der Waals surface area (Å²) >= 11 is 8.49. The monoisotopic (exact) mass is 411 g/mol. The topological polar surface area (TPSA) is 78.0 Å². The van der Waals surface area contributed by atoms with Crippen molar-refractivity contribution in [2.45, 2.75) is 50.8 Å². The smallest absolute Gasteiger partial charge is 0.304 e. The van der Waals surface area contributed by atoms with Crippen LogP contribution in [0, 0.1) is 0 Å². The maximum absolute atomic E-state index is 10.6. The number of aromatic amines is 1. The van der Waals surface area contributed by atoms with Gasteiger partial charge in [-0.1, -0.05) is 51.7 Å². The molecule has 1 aromatic heterocycles. The number of benzene rings is 1. The summed E-state index contributed by atoms with van der Waals surface area (Å²) in [6.07, 6.45) is 1.17. The van der Waals surface area contributed by atoms with E-state index in [1.54, 1.807) is 11.8 Å². The molecule has 1 heterocycles. The number of hydrogen-bond acceptors (Lipinski definition) is 5. The number of thioether (sulfide) groups is 2. The van der Waals surface area contributed by atoms with Crippen LogP contribution in [0.25, 0.3) is 11.0 Å². The van der Waals surface area contributed by atoms with E-state index in [-0.39, 0.29) is 11.8 Å². The van der Waals surface area contributed by atoms with Gasteiger partial charge in [0.25, 0.3) is 0 Å². The van der Waals surface area contributed by atoms with Crippen LogP contribution < -0.4 is 5.32 Å². The van der Waals surface area contributed by atoms with Gasteiger partial charge >= 0.3 is 5.97 Å². The van der Waals surface area contributed by atoms with Crippen molar-refractivity contribution in [2.75, 3.05) is 16.8 Å². The lowest BCUT2D eigenvalue weighted by atomic mass is 9.96. The van der Waals surface area contributed by atoms with Gasteiger partial charge in [0.15, 0.2) is 0 Å². The summed E-state index contributed by atoms with van der Waals surface area (Å²) in [5, 5.41) is 12.0. The second-order valence-corrected chi connectivity index (χ2v) is 9.86. The number of H-pyrrole nitrogens is 1. The average Bonchev–Trinajstić information content (AvgIpc) is 2.95. The molecule has 2 aromatic rings. The second kappa shape index (κ2) is 9.10. The SMILES string of the molecule is CCCSc1cc2nc(C(C)(C)C)[nH]c2cc1NC(=S)SCCC(=O)O. The van der Waals surface area contributed by atoms with Crippen molar-refractivity contribution in [1.82, 2.24) is 9.97 Å². The second-order valence-electron chi connectivity index (χ2n) is 6.95. The number of carbonyl (C=O) groups is 1. The van der Waals surface area contributed by atoms with Gasteiger partial charge in [-0.25, -0.2) is 4.98 Å². The van der Waals surface area contributed by atoms with Gasteiger partial charge in [0, 0.05) is 16.1 Å². The van der Waals surface area contributed by atoms with Crippen LogP contribution in [0.5, 0.6) is 0 Å². The Morgan fingerprint density at radius 2 is 2.08 bits per heavy atom. The first-order chi connectivity index (χ1) is 12.2. The minimum atomic E-state index is -0.812. The Morgan fingerprint density at radius 3 is 2.69 bits per heavy atom. The fourth-order valence-corrected chi connectivity index (χ4v) is 4.09. The number of carboxylic acid groups (broad SMARTS) is 1. The largest absolute Gasteiger partial charge is 0.481 e. The van der Waals surface area contributed by atoms with Gasteiger partial charge < -0.3 is 15.4 Å². The highest BCUT2D eigenvalue weighted by Crippen LogP contribution is 2.33. The van der Waals surface area contributed by atoms with E-state index in [4.69, 9.17) is 22.3 Å². The number of aliphatic carboxylic acids is 1. The number of fused-ring (bicyclic) bond motifs is 1. The first-order valence-corrected chi connectivity index (χ1v) is 10.9. The van der Waals surface area contributed by atoms with Crippen LogP contribution in [-0.4, -0.2) is 36.9 Å². The molecule has 0 fully saturated rings. The van der Waals surface area contributed by atoms with E-state index in [0.717, 1.165) is 39.6 Å². The van der Waals surface area contributed by atoms with Gasteiger partial charge in [-0.15, -0.1) is 11.8 Å². The van der Waals surface area contributed by atoms with E-state index in [1.807, 2.05) is 6.07 Å². The van der Waals surface area contributed by atoms with Crippen molar-refractivity contribution in [2.24, 2.45) is 0 Å². The lowest BCUT2D eigenvalue weighted by Crippen LogP contribution is -2.12. The van der Waals surface area contributed by atoms with E-state index >= 15 is 0 Å². The summed E-state index contributed by atoms with van der Waals surface area (Å²) < 4.78 is 0.583. The standard InChI is InChI=1S/C18H25N3O2S3/c1-5-7-25-14-10-12-11(19-16(20-12)18(2,3)4)9-13(14)21-17(24)26-8-6-15(22)23/h9-10H,5-8H2,1-4H3,(H,19,20)(H,21,24)(H,22,23). The molecule has 1 aromatic carbocycles. The normalized spacial score (nSPS) is 11.7. The third-order valence-electron chi connectivity index (χ3n) is 3.54. The molecule has 142 valence electrons. The quantitative estimate of drug-likeness (QED) is 0.423. The Hall–Kier alpha value is -1.25. The third kappa shape index (κ3) is 5.89. The molecule has 0 aliphatic heterocycles. The fourth-order valence-electron chi connectivity index (χ4n) is 2.20. The Balaban J connectivity index is 2.26. The number of carboxylic acids is 1. The number of anilines is 1. The fraction of sp³-hybridized carbons (Fsp3) is 0.500. The van der Waals surface area contributed by atoms with Gasteiger partial charge in [0.2, 0.25) is 0 Å². The number of rotatable bonds is 7. The van der Waals surface area contributed by atoms with E-state index in [9.17, 15) is 4.79 Å². The molecule has 0 unspecified atom stereocenters. The van der Waals surface area contributed by atoms with Crippen molar-refractivity contribution < 1.29 is 9.90 Å². The summed E-state index contributed by atoms with van der Waals surface area (Å²) in [5.41, 5.74) is 2.80. The van der Waals surface area contributed by atoms with Crippen molar-refractivity contribution >= 4 is 62.8 Å². The zero-order valence-corrected chi connectivity index (χ0v) is 18.0. The lowest BCUT2D eigenvalue weighted by molar-refractivity contribution is -0.136. The van der Waals surface area contributed by atoms with Gasteiger partial charge in [-0.2, -0.15) is 0 Å². The van der Waals surface area contributed by atoms with E-state index < -0.39 is 5.97 Å². The molecule has 0 saturated heterocycles. The first-order valence-electron chi connectivity index (χ1n) is 8.53. The highest BCUT2D eigenvalue weighted by molar-refractivity contribution is 8.23. The molecule has 0 amide bonds. The maximum atomic E-state index is 10.6. The van der Waals surface area contributed by atoms with Crippen LogP contribution in [0.15, 0.2) is 17.0 Å². The summed E-state index contributed by atoms with van der Waals surface area (Å²) in [6, 6.07) is 4.13. The molecule has 0 spiro atoms. The Bertz CT molecular complexity index is 797. The third-order valence-corrected chi connectivity index (χ3v) is 6.03. The van der Waals surface area contributed by atoms with Crippen molar-refractivity contribution in [3.05, 3.63) is 18.0 Å². The summed E-state index contributed by atoms with van der Waals surface area (Å²) in [6.45, 7) is 8.54. The highest BCUT2D eigenvalue weighted by Gasteiger charge is 2.19. The molecular formula is C18H25N3O2S3. The van der Waals surface area contributed by atoms with Crippen molar-refractivity contribution in [3.8, 4) is 0 Å². The molecule has 8 heteroatoms. The summed E-state index contributed by atoms with van der Waals surface area (Å²) in [4.78, 5) is 19.9. The molecule has 0 bridgehead atoms. The molecule has 0 saturated carbocycles. The van der Waals surface area contributed by atoms with Crippen LogP contribution in [-0.2, 0) is 10.2 Å². The Morgan fingerprint density at radius 1 is 1.35 bits per heavy atom. The molecule has 0 atom stereocenters. The van der Waals surface area contributed by atoms with Crippen LogP contribution >= 0.6 is 35.7 Å². The molecule has 0 aliphatic rings. The molecule has 5 nitrogen and oxygen atoms in total. The molecule has 3 N–H and O–H groups in total. The van der Waals surface area contributed by atoms with Crippen LogP contribution in [0.1, 0.15) is 46.4 Å². The predicted molar refractivity (Wildman–Crippen MR) is 117 cm³/mol. The maximum Gasteiger partial charge on any atom is 0.304 e. The van der Waals surface area contributed by atoms with Crippen LogP contribution in [0.4, 0.5) is 5.69 Å². The van der Waals surface area contributed by atoms with Crippen molar-refractivity contribution in [1.29, 1.82) is 0 Å². The average molecular weight is 412 g/mol. The highest BCUT2D eigenvalue weighted by atomic mass is 32.2. The number of hydrogen-bond donors (Lipinski definition) is 3. The minimum absolute atomic E-state index is 0.0503. The van der Waals surface area contributed by atoms with E-state index in [1.165, 1.54) is 11.8 Å². The van der Waals surface area contributed by atoms with Gasteiger partial charge in [-0.05, 0) is 24.3 Å². The first kappa shape index (κ1) is 21.1. The van der Waals surface area contributed by atoms with E-state index in [2.05, 4.69) is 44.1 Å². The molecular weight excluding hydrogens is 386 g/mol. The van der Waals surface area contributed by atoms with Crippen LogP contribution in [0.2, 0.25) is 0 Å². The zero-order valence-electron chi connectivity index (χ0n) is 15.5. The number of imidazole rings is 1. The van der Waals surface area contributed by atoms with E-state index in [0.29, 0.717) is 10.1 Å². The molecule has 26 heavy (non-hydrogen) atoms. The van der Waals surface area contributed by atoms with Gasteiger partial charge in [0.05, 0.1) is 23.1 Å². The Labute approximate surface area is 168 Å². The molecule has 0 radical (unpaired) electrons. The summed E-state index contributed by atoms with van der Waals surface area (Å²) in [7, 11) is 0. The zero-order chi connectivity index (χ0) is 19.3. The van der Waals surface area contributed by atoms with Gasteiger partial charge in [-0.3, -0.25) is 4.79 Å². The minimum Gasteiger partial charge on any atom is -0.481 e. The number of nitrogens with one attached hydrogen (secondary N) is 2.